The predicted octanol–water partition coefficient (Wildman–Crippen LogP) is 3.78. The van der Waals surface area contributed by atoms with E-state index in [1.165, 1.54) is 5.56 Å². The summed E-state index contributed by atoms with van der Waals surface area (Å²) in [4.78, 5) is 16.3. The highest BCUT2D eigenvalue weighted by molar-refractivity contribution is 5.74. The smallest absolute Gasteiger partial charge is 0.341 e. The molecule has 1 heterocycles. The van der Waals surface area contributed by atoms with E-state index in [9.17, 15) is 4.79 Å². The molecule has 3 aromatic rings. The Kier molecular flexibility index (Phi) is 6.57. The molecule has 0 saturated heterocycles. The van der Waals surface area contributed by atoms with Crippen LogP contribution in [0.1, 0.15) is 24.5 Å². The van der Waals surface area contributed by atoms with Crippen molar-refractivity contribution in [2.24, 2.45) is 4.99 Å². The summed E-state index contributed by atoms with van der Waals surface area (Å²) < 4.78 is 7.51. The molecule has 0 fully saturated rings. The number of carbonyl (C=O) groups is 1. The van der Waals surface area contributed by atoms with E-state index in [1.54, 1.807) is 16.9 Å². The first-order valence-electron chi connectivity index (χ1n) is 9.31. The van der Waals surface area contributed by atoms with Crippen molar-refractivity contribution in [2.45, 2.75) is 26.8 Å². The van der Waals surface area contributed by atoms with Crippen molar-refractivity contribution in [3.05, 3.63) is 83.3 Å². The molecule has 2 amide bonds. The Balaban J connectivity index is 1.78. The van der Waals surface area contributed by atoms with Gasteiger partial charge in [0.15, 0.2) is 0 Å². The van der Waals surface area contributed by atoms with Gasteiger partial charge in [0.05, 0.1) is 23.8 Å². The molecular weight excluding hydrogens is 352 g/mol. The summed E-state index contributed by atoms with van der Waals surface area (Å²) in [6.07, 6.45) is 2.42. The summed E-state index contributed by atoms with van der Waals surface area (Å²) in [5.41, 5.74) is 3.08. The van der Waals surface area contributed by atoms with Crippen LogP contribution in [0.25, 0.3) is 5.69 Å². The molecule has 0 unspecified atom stereocenters. The zero-order valence-corrected chi connectivity index (χ0v) is 16.1. The van der Waals surface area contributed by atoms with Crippen LogP contribution in [-0.2, 0) is 6.54 Å². The van der Waals surface area contributed by atoms with Crippen LogP contribution >= 0.6 is 0 Å². The van der Waals surface area contributed by atoms with E-state index in [0.717, 1.165) is 17.7 Å². The number of benzene rings is 2. The van der Waals surface area contributed by atoms with Gasteiger partial charge in [0.1, 0.15) is 0 Å². The zero-order chi connectivity index (χ0) is 19.8. The second-order valence-electron chi connectivity index (χ2n) is 6.40. The number of hydrogen-bond acceptors (Lipinski definition) is 3. The highest BCUT2D eigenvalue weighted by Crippen LogP contribution is 2.14. The number of amides is 2. The summed E-state index contributed by atoms with van der Waals surface area (Å²) in [6, 6.07) is 19.0. The molecule has 0 bridgehead atoms. The highest BCUT2D eigenvalue weighted by atomic mass is 16.5. The zero-order valence-electron chi connectivity index (χ0n) is 16.1. The summed E-state index contributed by atoms with van der Waals surface area (Å²) in [6.45, 7) is 5.04. The normalized spacial score (nSPS) is 11.3. The van der Waals surface area contributed by atoms with Gasteiger partial charge in [0.25, 0.3) is 0 Å². The number of rotatable bonds is 6. The number of urea groups is 1. The van der Waals surface area contributed by atoms with Gasteiger partial charge in [-0.3, -0.25) is 0 Å². The van der Waals surface area contributed by atoms with Crippen LogP contribution in [-0.4, -0.2) is 22.4 Å². The minimum absolute atomic E-state index is 0.415. The standard InChI is InChI=1S/C22H24N4O2/c1-3-13-28-21-14-19(16-24-26(21)20-7-5-4-6-8-20)25-22(27)23-15-18-11-9-17(2)10-12-18/h4-12,14,16H,3,13,15H2,1-2H3,(H,23,27)/b25-19-. The van der Waals surface area contributed by atoms with E-state index in [4.69, 9.17) is 4.74 Å². The number of hydrogen-bond donors (Lipinski definition) is 1. The number of aryl methyl sites for hydroxylation is 1. The Hall–Kier alpha value is -3.41. The lowest BCUT2D eigenvalue weighted by Gasteiger charge is -2.12. The summed E-state index contributed by atoms with van der Waals surface area (Å²) in [7, 11) is 0. The molecule has 0 atom stereocenters. The van der Waals surface area contributed by atoms with Crippen LogP contribution in [0, 0.1) is 6.92 Å². The van der Waals surface area contributed by atoms with Crippen molar-refractivity contribution in [1.29, 1.82) is 0 Å². The minimum Gasteiger partial charge on any atom is -0.478 e. The molecule has 0 radical (unpaired) electrons. The van der Waals surface area contributed by atoms with Gasteiger partial charge in [0.2, 0.25) is 5.88 Å². The second kappa shape index (κ2) is 9.50. The Morgan fingerprint density at radius 2 is 1.89 bits per heavy atom. The van der Waals surface area contributed by atoms with E-state index in [2.05, 4.69) is 15.4 Å². The third kappa shape index (κ3) is 5.30. The van der Waals surface area contributed by atoms with E-state index in [1.807, 2.05) is 68.4 Å². The SMILES string of the molecule is CCCOc1c/c(=N/C(=O)NCc2ccc(C)cc2)cnn1-c1ccccc1. The molecule has 6 nitrogen and oxygen atoms in total. The van der Waals surface area contributed by atoms with Crippen molar-refractivity contribution in [2.75, 3.05) is 6.61 Å². The quantitative estimate of drug-likeness (QED) is 0.712. The van der Waals surface area contributed by atoms with Crippen molar-refractivity contribution in [1.82, 2.24) is 15.1 Å². The molecule has 28 heavy (non-hydrogen) atoms. The molecule has 1 aromatic heterocycles. The molecule has 0 aliphatic heterocycles. The van der Waals surface area contributed by atoms with E-state index in [0.29, 0.717) is 24.4 Å². The van der Waals surface area contributed by atoms with Gasteiger partial charge < -0.3 is 10.1 Å². The lowest BCUT2D eigenvalue weighted by molar-refractivity contribution is 0.248. The number of para-hydroxylation sites is 1. The van der Waals surface area contributed by atoms with E-state index < -0.39 is 6.03 Å². The fourth-order valence-electron chi connectivity index (χ4n) is 2.57. The molecule has 0 spiro atoms. The van der Waals surface area contributed by atoms with Crippen LogP contribution in [0.2, 0.25) is 0 Å². The largest absolute Gasteiger partial charge is 0.478 e. The number of aromatic nitrogens is 2. The topological polar surface area (TPSA) is 68.5 Å². The summed E-state index contributed by atoms with van der Waals surface area (Å²) >= 11 is 0. The van der Waals surface area contributed by atoms with Crippen molar-refractivity contribution < 1.29 is 9.53 Å². The van der Waals surface area contributed by atoms with Gasteiger partial charge in [-0.05, 0) is 31.0 Å². The molecule has 1 N–H and O–H groups in total. The maximum atomic E-state index is 12.2. The van der Waals surface area contributed by atoms with Gasteiger partial charge >= 0.3 is 6.03 Å². The molecule has 144 valence electrons. The highest BCUT2D eigenvalue weighted by Gasteiger charge is 2.06. The van der Waals surface area contributed by atoms with Crippen LogP contribution in [0.3, 0.4) is 0 Å². The van der Waals surface area contributed by atoms with Crippen molar-refractivity contribution in [3.8, 4) is 11.6 Å². The Morgan fingerprint density at radius 3 is 2.61 bits per heavy atom. The van der Waals surface area contributed by atoms with Gasteiger partial charge in [0, 0.05) is 12.6 Å². The molecular formula is C22H24N4O2. The van der Waals surface area contributed by atoms with Gasteiger partial charge in [-0.1, -0.05) is 55.0 Å². The third-order valence-corrected chi connectivity index (χ3v) is 4.04. The third-order valence-electron chi connectivity index (χ3n) is 4.04. The van der Waals surface area contributed by atoms with Crippen molar-refractivity contribution >= 4 is 6.03 Å². The molecule has 0 aliphatic carbocycles. The molecule has 2 aromatic carbocycles. The van der Waals surface area contributed by atoms with Crippen molar-refractivity contribution in [3.63, 3.8) is 0 Å². The molecule has 3 rings (SSSR count). The monoisotopic (exact) mass is 376 g/mol. The molecule has 6 heteroatoms. The van der Waals surface area contributed by atoms with E-state index in [-0.39, 0.29) is 0 Å². The maximum absolute atomic E-state index is 12.2. The molecule has 0 saturated carbocycles. The number of nitrogens with one attached hydrogen (secondary N) is 1. The lowest BCUT2D eigenvalue weighted by Crippen LogP contribution is -2.22. The van der Waals surface area contributed by atoms with Crippen LogP contribution in [0.4, 0.5) is 4.79 Å². The maximum Gasteiger partial charge on any atom is 0.341 e. The number of carbonyl (C=O) groups excluding carboxylic acids is 1. The molecule has 0 aliphatic rings. The predicted molar refractivity (Wildman–Crippen MR) is 108 cm³/mol. The fourth-order valence-corrected chi connectivity index (χ4v) is 2.57. The van der Waals surface area contributed by atoms with Gasteiger partial charge in [-0.25, -0.2) is 9.48 Å². The Labute approximate surface area is 164 Å². The minimum atomic E-state index is -0.415. The number of nitrogens with zero attached hydrogens (tertiary/aromatic N) is 3. The summed E-state index contributed by atoms with van der Waals surface area (Å²) in [5, 5.41) is 7.64. The van der Waals surface area contributed by atoms with Crippen LogP contribution in [0.15, 0.2) is 71.9 Å². The first-order chi connectivity index (χ1) is 13.7. The fraction of sp³-hybridized carbons (Fsp3) is 0.227. The van der Waals surface area contributed by atoms with Crippen LogP contribution < -0.4 is 15.4 Å². The van der Waals surface area contributed by atoms with Gasteiger partial charge in [-0.15, -0.1) is 0 Å². The van der Waals surface area contributed by atoms with E-state index >= 15 is 0 Å². The summed E-state index contributed by atoms with van der Waals surface area (Å²) in [5.74, 6) is 0.542. The average molecular weight is 376 g/mol. The Bertz CT molecular complexity index is 979. The first-order valence-corrected chi connectivity index (χ1v) is 9.31. The first kappa shape index (κ1) is 19.4. The lowest BCUT2D eigenvalue weighted by atomic mass is 10.1. The second-order valence-corrected chi connectivity index (χ2v) is 6.40. The van der Waals surface area contributed by atoms with Gasteiger partial charge in [-0.2, -0.15) is 10.1 Å². The van der Waals surface area contributed by atoms with Crippen LogP contribution in [0.5, 0.6) is 5.88 Å². The number of ether oxygens (including phenoxy) is 1. The Morgan fingerprint density at radius 1 is 1.14 bits per heavy atom. The average Bonchev–Trinajstić information content (AvgIpc) is 2.72.